The topological polar surface area (TPSA) is 48.0 Å². The van der Waals surface area contributed by atoms with Gasteiger partial charge in [0.15, 0.2) is 11.5 Å². The summed E-state index contributed by atoms with van der Waals surface area (Å²) in [6.45, 7) is 3.83. The van der Waals surface area contributed by atoms with E-state index in [9.17, 15) is 4.79 Å². The molecule has 0 unspecified atom stereocenters. The maximum atomic E-state index is 12.6. The molecule has 2 rings (SSSR count). The highest BCUT2D eigenvalue weighted by atomic mass is 16.5. The van der Waals surface area contributed by atoms with Crippen molar-refractivity contribution in [3.63, 3.8) is 0 Å². The van der Waals surface area contributed by atoms with Gasteiger partial charge in [-0.15, -0.1) is 0 Å². The van der Waals surface area contributed by atoms with Crippen LogP contribution in [0.25, 0.3) is 0 Å². The van der Waals surface area contributed by atoms with Gasteiger partial charge in [0.2, 0.25) is 5.75 Å². The van der Waals surface area contributed by atoms with Crippen LogP contribution in [-0.2, 0) is 0 Å². The minimum absolute atomic E-state index is 0.0150. The lowest BCUT2D eigenvalue weighted by atomic mass is 9.98. The molecule has 1 aliphatic rings. The van der Waals surface area contributed by atoms with Crippen LogP contribution in [0.3, 0.4) is 0 Å². The van der Waals surface area contributed by atoms with Gasteiger partial charge in [-0.1, -0.05) is 6.92 Å². The zero-order chi connectivity index (χ0) is 15.4. The molecule has 5 heteroatoms. The Morgan fingerprint density at radius 3 is 2.00 bits per heavy atom. The number of carbonyl (C=O) groups is 1. The molecule has 0 spiro atoms. The highest BCUT2D eigenvalue weighted by Gasteiger charge is 2.24. The van der Waals surface area contributed by atoms with Gasteiger partial charge < -0.3 is 19.1 Å². The number of likely N-dealkylation sites (tertiary alicyclic amines) is 1. The third kappa shape index (κ3) is 3.23. The molecule has 21 heavy (non-hydrogen) atoms. The quantitative estimate of drug-likeness (QED) is 0.856. The van der Waals surface area contributed by atoms with Crippen LogP contribution in [0.15, 0.2) is 12.1 Å². The second-order valence-electron chi connectivity index (χ2n) is 5.39. The van der Waals surface area contributed by atoms with E-state index in [1.807, 2.05) is 4.90 Å². The van der Waals surface area contributed by atoms with Crippen LogP contribution >= 0.6 is 0 Å². The van der Waals surface area contributed by atoms with Crippen LogP contribution in [0.5, 0.6) is 17.2 Å². The van der Waals surface area contributed by atoms with Crippen LogP contribution in [-0.4, -0.2) is 45.2 Å². The van der Waals surface area contributed by atoms with Gasteiger partial charge in [0.25, 0.3) is 5.91 Å². The van der Waals surface area contributed by atoms with Crippen LogP contribution in [0, 0.1) is 5.92 Å². The first kappa shape index (κ1) is 15.5. The second kappa shape index (κ2) is 6.70. The normalized spacial score (nSPS) is 15.7. The average molecular weight is 293 g/mol. The van der Waals surface area contributed by atoms with Crippen molar-refractivity contribution in [3.05, 3.63) is 17.7 Å². The standard InChI is InChI=1S/C16H23NO4/c1-11-5-7-17(8-6-11)16(18)12-9-13(19-2)15(21-4)14(10-12)20-3/h9-11H,5-8H2,1-4H3. The largest absolute Gasteiger partial charge is 0.493 e. The molecule has 0 aromatic heterocycles. The van der Waals surface area contributed by atoms with Crippen molar-refractivity contribution in [1.82, 2.24) is 4.90 Å². The summed E-state index contributed by atoms with van der Waals surface area (Å²) < 4.78 is 15.9. The molecule has 1 aliphatic heterocycles. The number of amides is 1. The Kier molecular flexibility index (Phi) is 4.94. The Bertz CT molecular complexity index is 482. The molecule has 5 nitrogen and oxygen atoms in total. The molecule has 116 valence electrons. The monoisotopic (exact) mass is 293 g/mol. The number of hydrogen-bond donors (Lipinski definition) is 0. The number of ether oxygens (including phenoxy) is 3. The molecule has 0 N–H and O–H groups in total. The van der Waals surface area contributed by atoms with E-state index in [0.717, 1.165) is 25.9 Å². The highest BCUT2D eigenvalue weighted by Crippen LogP contribution is 2.38. The lowest BCUT2D eigenvalue weighted by Gasteiger charge is -2.30. The minimum atomic E-state index is 0.0150. The van der Waals surface area contributed by atoms with Gasteiger partial charge in [-0.3, -0.25) is 4.79 Å². The zero-order valence-electron chi connectivity index (χ0n) is 13.1. The molecular weight excluding hydrogens is 270 g/mol. The number of piperidine rings is 1. The summed E-state index contributed by atoms with van der Waals surface area (Å²) in [6.07, 6.45) is 2.10. The van der Waals surface area contributed by atoms with Crippen molar-refractivity contribution >= 4 is 5.91 Å². The van der Waals surface area contributed by atoms with Gasteiger partial charge in [-0.25, -0.2) is 0 Å². The van der Waals surface area contributed by atoms with E-state index < -0.39 is 0 Å². The van der Waals surface area contributed by atoms with Crippen LogP contribution < -0.4 is 14.2 Å². The Balaban J connectivity index is 2.28. The van der Waals surface area contributed by atoms with E-state index in [1.165, 1.54) is 0 Å². The first-order valence-corrected chi connectivity index (χ1v) is 7.20. The lowest BCUT2D eigenvalue weighted by molar-refractivity contribution is 0.0696. The minimum Gasteiger partial charge on any atom is -0.493 e. The predicted molar refractivity (Wildman–Crippen MR) is 80.4 cm³/mol. The van der Waals surface area contributed by atoms with Gasteiger partial charge in [0.1, 0.15) is 0 Å². The number of rotatable bonds is 4. The molecule has 0 radical (unpaired) electrons. The highest BCUT2D eigenvalue weighted by molar-refractivity contribution is 5.95. The number of hydrogen-bond acceptors (Lipinski definition) is 4. The molecule has 1 fully saturated rings. The fourth-order valence-electron chi connectivity index (χ4n) is 2.60. The van der Waals surface area contributed by atoms with Crippen molar-refractivity contribution in [2.75, 3.05) is 34.4 Å². The van der Waals surface area contributed by atoms with Crippen LogP contribution in [0.2, 0.25) is 0 Å². The number of methoxy groups -OCH3 is 3. The maximum Gasteiger partial charge on any atom is 0.254 e. The molecule has 0 atom stereocenters. The molecule has 1 aromatic rings. The smallest absolute Gasteiger partial charge is 0.254 e. The van der Waals surface area contributed by atoms with Crippen LogP contribution in [0.1, 0.15) is 30.1 Å². The zero-order valence-corrected chi connectivity index (χ0v) is 13.1. The molecule has 1 heterocycles. The van der Waals surface area contributed by atoms with Crippen molar-refractivity contribution < 1.29 is 19.0 Å². The van der Waals surface area contributed by atoms with Crippen molar-refractivity contribution in [3.8, 4) is 17.2 Å². The van der Waals surface area contributed by atoms with E-state index in [2.05, 4.69) is 6.92 Å². The maximum absolute atomic E-state index is 12.6. The molecule has 0 saturated carbocycles. The summed E-state index contributed by atoms with van der Waals surface area (Å²) in [5.41, 5.74) is 0.569. The fraction of sp³-hybridized carbons (Fsp3) is 0.562. The van der Waals surface area contributed by atoms with E-state index in [-0.39, 0.29) is 5.91 Å². The van der Waals surface area contributed by atoms with Gasteiger partial charge in [0, 0.05) is 18.7 Å². The van der Waals surface area contributed by atoms with E-state index >= 15 is 0 Å². The Hall–Kier alpha value is -1.91. The Labute approximate surface area is 125 Å². The van der Waals surface area contributed by atoms with Crippen molar-refractivity contribution in [2.45, 2.75) is 19.8 Å². The summed E-state index contributed by atoms with van der Waals surface area (Å²) >= 11 is 0. The number of nitrogens with zero attached hydrogens (tertiary/aromatic N) is 1. The third-order valence-corrected chi connectivity index (χ3v) is 3.98. The summed E-state index contributed by atoms with van der Waals surface area (Å²) in [6, 6.07) is 3.42. The first-order chi connectivity index (χ1) is 10.1. The molecular formula is C16H23NO4. The van der Waals surface area contributed by atoms with Crippen molar-refractivity contribution in [2.24, 2.45) is 5.92 Å². The Morgan fingerprint density at radius 2 is 1.57 bits per heavy atom. The number of carbonyl (C=O) groups excluding carboxylic acids is 1. The third-order valence-electron chi connectivity index (χ3n) is 3.98. The molecule has 1 saturated heterocycles. The van der Waals surface area contributed by atoms with E-state index in [1.54, 1.807) is 33.5 Å². The fourth-order valence-corrected chi connectivity index (χ4v) is 2.60. The molecule has 0 bridgehead atoms. The van der Waals surface area contributed by atoms with Gasteiger partial charge >= 0.3 is 0 Å². The van der Waals surface area contributed by atoms with Gasteiger partial charge in [-0.2, -0.15) is 0 Å². The summed E-state index contributed by atoms with van der Waals surface area (Å²) in [4.78, 5) is 14.5. The number of benzene rings is 1. The lowest BCUT2D eigenvalue weighted by Crippen LogP contribution is -2.37. The molecule has 1 aromatic carbocycles. The summed E-state index contributed by atoms with van der Waals surface area (Å²) in [5, 5.41) is 0. The Morgan fingerprint density at radius 1 is 1.05 bits per heavy atom. The van der Waals surface area contributed by atoms with Gasteiger partial charge in [0.05, 0.1) is 21.3 Å². The SMILES string of the molecule is COc1cc(C(=O)N2CCC(C)CC2)cc(OC)c1OC. The molecule has 1 amide bonds. The van der Waals surface area contributed by atoms with Crippen molar-refractivity contribution in [1.29, 1.82) is 0 Å². The van der Waals surface area contributed by atoms with Gasteiger partial charge in [-0.05, 0) is 30.9 Å². The second-order valence-corrected chi connectivity index (χ2v) is 5.39. The first-order valence-electron chi connectivity index (χ1n) is 7.20. The van der Waals surface area contributed by atoms with Crippen LogP contribution in [0.4, 0.5) is 0 Å². The predicted octanol–water partition coefficient (Wildman–Crippen LogP) is 2.58. The summed E-state index contributed by atoms with van der Waals surface area (Å²) in [7, 11) is 4.65. The average Bonchev–Trinajstić information content (AvgIpc) is 2.53. The summed E-state index contributed by atoms with van der Waals surface area (Å²) in [5.74, 6) is 2.22. The van der Waals surface area contributed by atoms with E-state index in [4.69, 9.17) is 14.2 Å². The van der Waals surface area contributed by atoms with E-state index in [0.29, 0.717) is 28.7 Å². The molecule has 0 aliphatic carbocycles.